The lowest BCUT2D eigenvalue weighted by atomic mass is 9.32. The Morgan fingerprint density at radius 3 is 2.09 bits per heavy atom. The van der Waals surface area contributed by atoms with Crippen LogP contribution in [0.25, 0.3) is 0 Å². The molecule has 5 aliphatic carbocycles. The van der Waals surface area contributed by atoms with Gasteiger partial charge in [-0.05, 0) is 87.4 Å². The Morgan fingerprint density at radius 2 is 1.49 bits per heavy atom. The van der Waals surface area contributed by atoms with Crippen molar-refractivity contribution in [1.29, 1.82) is 0 Å². The second kappa shape index (κ2) is 19.6. The van der Waals surface area contributed by atoms with Crippen LogP contribution in [0.4, 0.5) is 0 Å². The highest BCUT2D eigenvalue weighted by atomic mass is 16.7. The minimum atomic E-state index is -1.95. The first-order chi connectivity index (χ1) is 32.6. The second-order valence-corrected chi connectivity index (χ2v) is 23.5. The number of carboxylic acids is 1. The van der Waals surface area contributed by atoms with Crippen molar-refractivity contribution in [2.45, 2.75) is 200 Å². The van der Waals surface area contributed by atoms with E-state index in [1.807, 2.05) is 34.6 Å². The summed E-state index contributed by atoms with van der Waals surface area (Å²) in [5.74, 6) is -4.37. The summed E-state index contributed by atoms with van der Waals surface area (Å²) in [6.07, 6.45) is -15.4. The molecule has 0 radical (unpaired) electrons. The van der Waals surface area contributed by atoms with Crippen molar-refractivity contribution in [3.05, 3.63) is 23.3 Å². The van der Waals surface area contributed by atoms with Crippen LogP contribution in [-0.2, 0) is 42.8 Å². The van der Waals surface area contributed by atoms with Crippen LogP contribution in [0, 0.1) is 56.2 Å². The van der Waals surface area contributed by atoms with Gasteiger partial charge in [0.05, 0.1) is 49.5 Å². The number of aliphatic carboxylic acids is 1. The van der Waals surface area contributed by atoms with Crippen molar-refractivity contribution in [2.75, 3.05) is 19.8 Å². The number of carbonyl (C=O) groups excluding carboxylic acids is 2. The third-order valence-electron chi connectivity index (χ3n) is 19.6. The molecule has 70 heavy (non-hydrogen) atoms. The monoisotopic (exact) mass is 997 g/mol. The standard InChI is InChI=1S/C51H80O19/c1-11-23(3)42(63)69-39-40(70-43(64)24(4)12-2)51(22-53)26(19-46(39,5)6)25-13-14-29-47(7)17-16-30(48(8,21-52)28(47)15-18-49(29,9)50(25,10)37(59)38(51)60)66-45-34(58)32(56)35(36(68-45)41(61)62)67-44-33(57)31(55)27(54)20-65-44/h11,13,24,26-40,44-45,52-60H,12,14-22H2,1-10H3,(H,61,62)/b23-11-/t24?,26?,27-,28?,29?,30-,31-,32+,33+,34+,35-,36-,37-,38+,39-,40-,44-,45+,47-,48-,49+,50-,51-/m0/s1. The topological polar surface area (TPSA) is 309 Å². The van der Waals surface area contributed by atoms with Gasteiger partial charge in [-0.1, -0.05) is 73.1 Å². The maximum absolute atomic E-state index is 13.8. The largest absolute Gasteiger partial charge is 0.479 e. The number of aliphatic hydroxyl groups is 9. The summed E-state index contributed by atoms with van der Waals surface area (Å²) < 4.78 is 35.7. The quantitative estimate of drug-likeness (QED) is 0.0573. The zero-order chi connectivity index (χ0) is 52.0. The summed E-state index contributed by atoms with van der Waals surface area (Å²) >= 11 is 0. The van der Waals surface area contributed by atoms with E-state index in [-0.39, 0.29) is 18.4 Å². The van der Waals surface area contributed by atoms with Gasteiger partial charge in [-0.25, -0.2) is 9.59 Å². The first-order valence-corrected chi connectivity index (χ1v) is 25.2. The molecule has 23 atom stereocenters. The molecule has 10 N–H and O–H groups in total. The number of fused-ring (bicyclic) bond motifs is 7. The van der Waals surface area contributed by atoms with Crippen LogP contribution in [0.2, 0.25) is 0 Å². The average molecular weight is 997 g/mol. The van der Waals surface area contributed by atoms with Crippen LogP contribution < -0.4 is 0 Å². The molecule has 0 amide bonds. The maximum atomic E-state index is 13.8. The lowest BCUT2D eigenvalue weighted by Crippen LogP contribution is -2.76. The molecule has 19 heteroatoms. The summed E-state index contributed by atoms with van der Waals surface area (Å²) in [5.41, 5.74) is -4.72. The van der Waals surface area contributed by atoms with Crippen molar-refractivity contribution < 1.29 is 93.9 Å². The predicted molar refractivity (Wildman–Crippen MR) is 246 cm³/mol. The second-order valence-electron chi connectivity index (χ2n) is 23.5. The maximum Gasteiger partial charge on any atom is 0.335 e. The van der Waals surface area contributed by atoms with E-state index in [2.05, 4.69) is 19.9 Å². The molecular formula is C51H80O19. The Bertz CT molecular complexity index is 2030. The van der Waals surface area contributed by atoms with Crippen molar-refractivity contribution in [3.8, 4) is 0 Å². The molecule has 2 aliphatic heterocycles. The summed E-state index contributed by atoms with van der Waals surface area (Å²) in [6.45, 7) is 17.4. The van der Waals surface area contributed by atoms with E-state index >= 15 is 0 Å². The van der Waals surface area contributed by atoms with Crippen LogP contribution in [-0.4, -0.2) is 175 Å². The van der Waals surface area contributed by atoms with Crippen molar-refractivity contribution in [1.82, 2.24) is 0 Å². The SMILES string of the molecule is C/C=C(/C)C(=O)O[C@H]1[C@H](OC(=O)C(C)CC)[C@@]2(CO)C(CC1(C)C)C1=CCC3[C@@]4(C)CC[C@H](O[C@@H]5O[C@H](C(=O)O)[C@@H](O[C@@H]6OC[C@H](O)[C@H](O)[C@H]6O)[C@H](O)[C@H]5O)[C@@](C)(CO)C4CC[C@@]3(C)[C@]1(C)[C@@H](O)[C@H]2O. The molecular weight excluding hydrogens is 917 g/mol. The van der Waals surface area contributed by atoms with Gasteiger partial charge in [0.2, 0.25) is 0 Å². The van der Waals surface area contributed by atoms with E-state index in [1.54, 1.807) is 26.8 Å². The first kappa shape index (κ1) is 55.1. The fraction of sp³-hybridized carbons (Fsp3) is 0.863. The number of carbonyl (C=O) groups is 3. The van der Waals surface area contributed by atoms with E-state index < -0.39 is 161 Å². The van der Waals surface area contributed by atoms with E-state index in [1.165, 1.54) is 0 Å². The zero-order valence-electron chi connectivity index (χ0n) is 42.3. The third-order valence-corrected chi connectivity index (χ3v) is 19.6. The molecule has 0 aromatic carbocycles. The van der Waals surface area contributed by atoms with Crippen LogP contribution >= 0.6 is 0 Å². The van der Waals surface area contributed by atoms with Crippen molar-refractivity contribution >= 4 is 17.9 Å². The van der Waals surface area contributed by atoms with Crippen LogP contribution in [0.3, 0.4) is 0 Å². The van der Waals surface area contributed by atoms with Crippen LogP contribution in [0.1, 0.15) is 114 Å². The summed E-state index contributed by atoms with van der Waals surface area (Å²) in [7, 11) is 0. The molecule has 2 heterocycles. The van der Waals surface area contributed by atoms with Gasteiger partial charge in [-0.3, -0.25) is 4.79 Å². The number of rotatable bonds is 12. The Kier molecular flexibility index (Phi) is 15.4. The smallest absolute Gasteiger partial charge is 0.335 e. The van der Waals surface area contributed by atoms with Crippen molar-refractivity contribution in [3.63, 3.8) is 0 Å². The van der Waals surface area contributed by atoms with Gasteiger partial charge in [0.25, 0.3) is 0 Å². The Hall–Kier alpha value is -2.63. The molecule has 0 bridgehead atoms. The van der Waals surface area contributed by atoms with Gasteiger partial charge in [-0.2, -0.15) is 0 Å². The van der Waals surface area contributed by atoms with Crippen molar-refractivity contribution in [2.24, 2.45) is 56.2 Å². The van der Waals surface area contributed by atoms with Gasteiger partial charge < -0.3 is 79.5 Å². The van der Waals surface area contributed by atoms with E-state index in [9.17, 15) is 65.4 Å². The molecule has 4 unspecified atom stereocenters. The molecule has 19 nitrogen and oxygen atoms in total. The number of aliphatic hydroxyl groups excluding tert-OH is 9. The van der Waals surface area contributed by atoms with Crippen LogP contribution in [0.15, 0.2) is 23.3 Å². The van der Waals surface area contributed by atoms with E-state index in [4.69, 9.17) is 28.4 Å². The van der Waals surface area contributed by atoms with Gasteiger partial charge in [0.1, 0.15) is 42.7 Å². The molecule has 0 aromatic heterocycles. The molecule has 0 aromatic rings. The highest BCUT2D eigenvalue weighted by Gasteiger charge is 2.76. The fourth-order valence-corrected chi connectivity index (χ4v) is 14.8. The molecule has 2 saturated heterocycles. The first-order valence-electron chi connectivity index (χ1n) is 25.2. The summed E-state index contributed by atoms with van der Waals surface area (Å²) in [6, 6.07) is 0. The Balaban J connectivity index is 1.20. The molecule has 0 spiro atoms. The predicted octanol–water partition coefficient (Wildman–Crippen LogP) is 1.49. The van der Waals surface area contributed by atoms with Gasteiger partial charge in [-0.15, -0.1) is 0 Å². The number of hydrogen-bond acceptors (Lipinski definition) is 18. The third kappa shape index (κ3) is 8.23. The van der Waals surface area contributed by atoms with Gasteiger partial charge in [0, 0.05) is 21.8 Å². The molecule has 7 aliphatic rings. The number of allylic oxidation sites excluding steroid dienone is 2. The highest BCUT2D eigenvalue weighted by molar-refractivity contribution is 5.87. The summed E-state index contributed by atoms with van der Waals surface area (Å²) in [4.78, 5) is 39.9. The number of hydrogen-bond donors (Lipinski definition) is 10. The zero-order valence-corrected chi connectivity index (χ0v) is 42.3. The summed E-state index contributed by atoms with van der Waals surface area (Å²) in [5, 5.41) is 112. The molecule has 7 rings (SSSR count). The highest BCUT2D eigenvalue weighted by Crippen LogP contribution is 2.76. The number of carboxylic acid groups (broad SMARTS) is 1. The molecule has 4 saturated carbocycles. The number of ether oxygens (including phenoxy) is 6. The molecule has 398 valence electrons. The van der Waals surface area contributed by atoms with E-state index in [0.29, 0.717) is 50.5 Å². The lowest BCUT2D eigenvalue weighted by Gasteiger charge is -2.73. The average Bonchev–Trinajstić information content (AvgIpc) is 3.32. The molecule has 6 fully saturated rings. The van der Waals surface area contributed by atoms with E-state index in [0.717, 1.165) is 5.57 Å². The minimum absolute atomic E-state index is 0.152. The Morgan fingerprint density at radius 1 is 0.829 bits per heavy atom. The fourth-order valence-electron chi connectivity index (χ4n) is 14.8. The van der Waals surface area contributed by atoms with Gasteiger partial charge >= 0.3 is 17.9 Å². The normalized spacial score (nSPS) is 49.4. The Labute approximate surface area is 410 Å². The number of esters is 2. The van der Waals surface area contributed by atoms with Crippen LogP contribution in [0.5, 0.6) is 0 Å². The minimum Gasteiger partial charge on any atom is -0.479 e. The van der Waals surface area contributed by atoms with Gasteiger partial charge in [0.15, 0.2) is 24.8 Å². The lowest BCUT2D eigenvalue weighted by molar-refractivity contribution is -0.356.